The van der Waals surface area contributed by atoms with Gasteiger partial charge in [-0.3, -0.25) is 4.79 Å². The topological polar surface area (TPSA) is 53.7 Å². The summed E-state index contributed by atoms with van der Waals surface area (Å²) in [6.07, 6.45) is 0. The highest BCUT2D eigenvalue weighted by Crippen LogP contribution is 2.31. The summed E-state index contributed by atoms with van der Waals surface area (Å²) < 4.78 is 5.84. The summed E-state index contributed by atoms with van der Waals surface area (Å²) in [6.45, 7) is 9.50. The number of nitrogens with zero attached hydrogens (tertiary/aromatic N) is 1. The number of aliphatic hydroxyl groups is 1. The van der Waals surface area contributed by atoms with Crippen LogP contribution in [0.2, 0.25) is 0 Å². The number of likely N-dealkylation sites (N-methyl/N-ethyl adjacent to an activating group) is 1. The average Bonchev–Trinajstić information content (AvgIpc) is 2.70. The first-order valence-electron chi connectivity index (χ1n) is 7.09. The Labute approximate surface area is 125 Å². The van der Waals surface area contributed by atoms with Gasteiger partial charge in [0, 0.05) is 24.5 Å². The molecule has 0 bridgehead atoms. The van der Waals surface area contributed by atoms with Crippen LogP contribution >= 0.6 is 0 Å². The minimum Gasteiger partial charge on any atom is -0.450 e. The molecule has 1 aromatic heterocycles. The van der Waals surface area contributed by atoms with Crippen LogP contribution in [-0.2, 0) is 0 Å². The third kappa shape index (κ3) is 2.95. The molecule has 0 spiro atoms. The van der Waals surface area contributed by atoms with Crippen molar-refractivity contribution in [3.8, 4) is 0 Å². The molecule has 1 amide bonds. The number of fused-ring (bicyclic) bond motifs is 1. The van der Waals surface area contributed by atoms with Gasteiger partial charge in [0.1, 0.15) is 5.58 Å². The highest BCUT2D eigenvalue weighted by atomic mass is 16.3. The fraction of sp³-hybridized carbons (Fsp3) is 0.471. The third-order valence-corrected chi connectivity index (χ3v) is 3.65. The maximum Gasteiger partial charge on any atom is 0.289 e. The number of hydrogen-bond donors (Lipinski definition) is 1. The Morgan fingerprint density at radius 3 is 2.33 bits per heavy atom. The number of amides is 1. The van der Waals surface area contributed by atoms with E-state index in [1.807, 2.05) is 32.9 Å². The molecule has 1 heterocycles. The largest absolute Gasteiger partial charge is 0.450 e. The van der Waals surface area contributed by atoms with Crippen molar-refractivity contribution >= 4 is 16.9 Å². The number of carbonyl (C=O) groups is 1. The van der Waals surface area contributed by atoms with Crippen molar-refractivity contribution in [1.82, 2.24) is 4.90 Å². The van der Waals surface area contributed by atoms with Crippen LogP contribution in [0.15, 0.2) is 16.5 Å². The zero-order valence-electron chi connectivity index (χ0n) is 13.6. The summed E-state index contributed by atoms with van der Waals surface area (Å²) in [7, 11) is 1.67. The Balaban J connectivity index is 2.48. The molecule has 4 heteroatoms. The summed E-state index contributed by atoms with van der Waals surface area (Å²) in [5.41, 5.74) is 2.81. The van der Waals surface area contributed by atoms with E-state index < -0.39 is 5.60 Å². The number of furan rings is 1. The van der Waals surface area contributed by atoms with Crippen LogP contribution in [0, 0.1) is 20.8 Å². The lowest BCUT2D eigenvalue weighted by Gasteiger charge is -2.25. The van der Waals surface area contributed by atoms with Gasteiger partial charge in [-0.2, -0.15) is 0 Å². The van der Waals surface area contributed by atoms with Crippen molar-refractivity contribution in [2.75, 3.05) is 13.6 Å². The fourth-order valence-corrected chi connectivity index (χ4v) is 2.70. The van der Waals surface area contributed by atoms with E-state index >= 15 is 0 Å². The molecule has 0 aliphatic carbocycles. The van der Waals surface area contributed by atoms with Crippen LogP contribution in [-0.4, -0.2) is 35.1 Å². The predicted molar refractivity (Wildman–Crippen MR) is 83.7 cm³/mol. The van der Waals surface area contributed by atoms with Gasteiger partial charge in [0.2, 0.25) is 0 Å². The van der Waals surface area contributed by atoms with Crippen molar-refractivity contribution in [2.24, 2.45) is 0 Å². The molecule has 1 aromatic carbocycles. The summed E-state index contributed by atoms with van der Waals surface area (Å²) in [5, 5.41) is 10.9. The average molecular weight is 289 g/mol. The zero-order valence-corrected chi connectivity index (χ0v) is 13.6. The Morgan fingerprint density at radius 2 is 1.81 bits per heavy atom. The second-order valence-corrected chi connectivity index (χ2v) is 6.43. The molecule has 4 nitrogen and oxygen atoms in total. The van der Waals surface area contributed by atoms with E-state index in [2.05, 4.69) is 0 Å². The minimum atomic E-state index is -0.934. The van der Waals surface area contributed by atoms with Gasteiger partial charge in [-0.15, -0.1) is 0 Å². The number of benzene rings is 1. The Hall–Kier alpha value is -1.81. The van der Waals surface area contributed by atoms with E-state index in [1.165, 1.54) is 4.90 Å². The van der Waals surface area contributed by atoms with Gasteiger partial charge < -0.3 is 14.4 Å². The molecule has 2 aromatic rings. The van der Waals surface area contributed by atoms with Gasteiger partial charge in [0.15, 0.2) is 5.76 Å². The number of aryl methyl sites for hydroxylation is 3. The lowest BCUT2D eigenvalue weighted by Crippen LogP contribution is -2.39. The SMILES string of the molecule is Cc1ccc(C)c2c(C)c(C(=O)N(C)CC(C)(C)O)oc12. The van der Waals surface area contributed by atoms with E-state index in [0.717, 1.165) is 27.7 Å². The molecule has 114 valence electrons. The second kappa shape index (κ2) is 5.19. The van der Waals surface area contributed by atoms with Crippen LogP contribution in [0.1, 0.15) is 41.1 Å². The van der Waals surface area contributed by atoms with Crippen LogP contribution in [0.3, 0.4) is 0 Å². The monoisotopic (exact) mass is 289 g/mol. The normalized spacial score (nSPS) is 12.0. The molecule has 0 saturated carbocycles. The first-order valence-corrected chi connectivity index (χ1v) is 7.09. The third-order valence-electron chi connectivity index (χ3n) is 3.65. The molecular formula is C17H23NO3. The molecule has 0 fully saturated rings. The van der Waals surface area contributed by atoms with Crippen LogP contribution in [0.5, 0.6) is 0 Å². The standard InChI is InChI=1S/C17H23NO3/c1-10-7-8-11(2)14-13(10)12(3)15(21-14)16(19)18(6)9-17(4,5)20/h7-8,20H,9H2,1-6H3. The fourth-order valence-electron chi connectivity index (χ4n) is 2.70. The Morgan fingerprint density at radius 1 is 1.24 bits per heavy atom. The number of carbonyl (C=O) groups excluding carboxylic acids is 1. The molecular weight excluding hydrogens is 266 g/mol. The molecule has 0 aliphatic rings. The van der Waals surface area contributed by atoms with Crippen molar-refractivity contribution < 1.29 is 14.3 Å². The lowest BCUT2D eigenvalue weighted by molar-refractivity contribution is 0.0352. The van der Waals surface area contributed by atoms with Gasteiger partial charge in [-0.25, -0.2) is 0 Å². The highest BCUT2D eigenvalue weighted by Gasteiger charge is 2.25. The van der Waals surface area contributed by atoms with Gasteiger partial charge in [0.25, 0.3) is 5.91 Å². The smallest absolute Gasteiger partial charge is 0.289 e. The maximum absolute atomic E-state index is 12.6. The van der Waals surface area contributed by atoms with Crippen molar-refractivity contribution in [3.63, 3.8) is 0 Å². The van der Waals surface area contributed by atoms with Crippen molar-refractivity contribution in [2.45, 2.75) is 40.2 Å². The maximum atomic E-state index is 12.6. The van der Waals surface area contributed by atoms with Gasteiger partial charge in [-0.05, 0) is 45.7 Å². The number of rotatable bonds is 3. The van der Waals surface area contributed by atoms with Crippen LogP contribution < -0.4 is 0 Å². The lowest BCUT2D eigenvalue weighted by atomic mass is 10.0. The highest BCUT2D eigenvalue weighted by molar-refractivity contribution is 6.00. The van der Waals surface area contributed by atoms with Crippen LogP contribution in [0.25, 0.3) is 11.0 Å². The second-order valence-electron chi connectivity index (χ2n) is 6.43. The molecule has 1 N–H and O–H groups in total. The van der Waals surface area contributed by atoms with E-state index in [0.29, 0.717) is 5.76 Å². The molecule has 0 unspecified atom stereocenters. The molecule has 0 aliphatic heterocycles. The van der Waals surface area contributed by atoms with Crippen molar-refractivity contribution in [1.29, 1.82) is 0 Å². The first kappa shape index (κ1) is 15.6. The van der Waals surface area contributed by atoms with E-state index in [1.54, 1.807) is 20.9 Å². The van der Waals surface area contributed by atoms with E-state index in [4.69, 9.17) is 4.42 Å². The van der Waals surface area contributed by atoms with Crippen LogP contribution in [0.4, 0.5) is 0 Å². The molecule has 0 saturated heterocycles. The number of hydrogen-bond acceptors (Lipinski definition) is 3. The van der Waals surface area contributed by atoms with Gasteiger partial charge >= 0.3 is 0 Å². The summed E-state index contributed by atoms with van der Waals surface area (Å²) in [4.78, 5) is 14.1. The molecule has 0 radical (unpaired) electrons. The predicted octanol–water partition coefficient (Wildman–Crippen LogP) is 3.20. The molecule has 0 atom stereocenters. The molecule has 2 rings (SSSR count). The summed E-state index contributed by atoms with van der Waals surface area (Å²) >= 11 is 0. The van der Waals surface area contributed by atoms with Crippen molar-refractivity contribution in [3.05, 3.63) is 34.6 Å². The van der Waals surface area contributed by atoms with Gasteiger partial charge in [0.05, 0.1) is 5.60 Å². The van der Waals surface area contributed by atoms with Gasteiger partial charge in [-0.1, -0.05) is 12.1 Å². The molecule has 21 heavy (non-hydrogen) atoms. The summed E-state index contributed by atoms with van der Waals surface area (Å²) in [5.74, 6) is 0.152. The first-order chi connectivity index (χ1) is 9.61. The van der Waals surface area contributed by atoms with E-state index in [-0.39, 0.29) is 12.5 Å². The zero-order chi connectivity index (χ0) is 15.9. The quantitative estimate of drug-likeness (QED) is 0.944. The summed E-state index contributed by atoms with van der Waals surface area (Å²) in [6, 6.07) is 4.03. The Bertz CT molecular complexity index is 692. The minimum absolute atomic E-state index is 0.204. The van der Waals surface area contributed by atoms with E-state index in [9.17, 15) is 9.90 Å². The Kier molecular flexibility index (Phi) is 3.85.